The molecule has 2 unspecified atom stereocenters. The summed E-state index contributed by atoms with van der Waals surface area (Å²) in [5, 5.41) is 11.7. The van der Waals surface area contributed by atoms with E-state index >= 15 is 0 Å². The standard InChI is InChI=1S/C16H26N2O3S/c1-6-12-9-16(20,13-17-10-11(2)22-13)7-8-18(12)14(19)21-15(3,4)5/h10,12,20H,6-9H2,1-5H3. The van der Waals surface area contributed by atoms with Crippen LogP contribution in [0.2, 0.25) is 0 Å². The number of likely N-dealkylation sites (tertiary alicyclic amines) is 1. The van der Waals surface area contributed by atoms with E-state index in [1.54, 1.807) is 11.1 Å². The lowest BCUT2D eigenvalue weighted by molar-refractivity contribution is -0.0589. The fourth-order valence-electron chi connectivity index (χ4n) is 2.78. The van der Waals surface area contributed by atoms with E-state index in [1.807, 2.05) is 34.6 Å². The van der Waals surface area contributed by atoms with Crippen LogP contribution in [0, 0.1) is 6.92 Å². The number of thiazole rings is 1. The largest absolute Gasteiger partial charge is 0.444 e. The van der Waals surface area contributed by atoms with Crippen molar-refractivity contribution >= 4 is 17.4 Å². The number of hydrogen-bond donors (Lipinski definition) is 1. The van der Waals surface area contributed by atoms with E-state index in [0.29, 0.717) is 19.4 Å². The molecule has 0 aliphatic carbocycles. The van der Waals surface area contributed by atoms with Crippen LogP contribution >= 0.6 is 11.3 Å². The summed E-state index contributed by atoms with van der Waals surface area (Å²) < 4.78 is 5.48. The summed E-state index contributed by atoms with van der Waals surface area (Å²) in [4.78, 5) is 19.5. The molecule has 22 heavy (non-hydrogen) atoms. The number of rotatable bonds is 2. The average molecular weight is 326 g/mol. The Morgan fingerprint density at radius 3 is 2.77 bits per heavy atom. The summed E-state index contributed by atoms with van der Waals surface area (Å²) in [6.07, 6.45) is 3.29. The maximum Gasteiger partial charge on any atom is 0.410 e. The highest BCUT2D eigenvalue weighted by molar-refractivity contribution is 7.11. The van der Waals surface area contributed by atoms with E-state index in [4.69, 9.17) is 4.74 Å². The number of ether oxygens (including phenoxy) is 1. The molecule has 2 heterocycles. The Morgan fingerprint density at radius 2 is 2.27 bits per heavy atom. The molecular formula is C16H26N2O3S. The van der Waals surface area contributed by atoms with Crippen molar-refractivity contribution in [2.24, 2.45) is 0 Å². The third-order valence-electron chi connectivity index (χ3n) is 3.90. The van der Waals surface area contributed by atoms with Crippen molar-refractivity contribution in [3.63, 3.8) is 0 Å². The van der Waals surface area contributed by atoms with E-state index in [-0.39, 0.29) is 12.1 Å². The Labute approximate surface area is 136 Å². The predicted octanol–water partition coefficient (Wildman–Crippen LogP) is 3.45. The van der Waals surface area contributed by atoms with Gasteiger partial charge in [-0.1, -0.05) is 6.92 Å². The van der Waals surface area contributed by atoms with Crippen molar-refractivity contribution < 1.29 is 14.6 Å². The molecule has 0 bridgehead atoms. The summed E-state index contributed by atoms with van der Waals surface area (Å²) in [5.41, 5.74) is -1.44. The van der Waals surface area contributed by atoms with Gasteiger partial charge in [-0.2, -0.15) is 0 Å². The molecule has 0 radical (unpaired) electrons. The second kappa shape index (κ2) is 6.16. The Balaban J connectivity index is 2.13. The number of aliphatic hydroxyl groups is 1. The van der Waals surface area contributed by atoms with Crippen molar-refractivity contribution in [3.05, 3.63) is 16.1 Å². The van der Waals surface area contributed by atoms with Crippen LogP contribution in [-0.2, 0) is 10.3 Å². The minimum absolute atomic E-state index is 0.0298. The fraction of sp³-hybridized carbons (Fsp3) is 0.750. The highest BCUT2D eigenvalue weighted by atomic mass is 32.1. The predicted molar refractivity (Wildman–Crippen MR) is 87.0 cm³/mol. The van der Waals surface area contributed by atoms with Gasteiger partial charge in [0.25, 0.3) is 0 Å². The topological polar surface area (TPSA) is 62.7 Å². The first kappa shape index (κ1) is 17.2. The lowest BCUT2D eigenvalue weighted by Gasteiger charge is -2.43. The second-order valence-corrected chi connectivity index (χ2v) is 8.23. The van der Waals surface area contributed by atoms with Gasteiger partial charge in [0.1, 0.15) is 16.2 Å². The van der Waals surface area contributed by atoms with Crippen molar-refractivity contribution in [2.45, 2.75) is 71.1 Å². The number of hydrogen-bond acceptors (Lipinski definition) is 5. The molecule has 1 fully saturated rings. The fourth-order valence-corrected chi connectivity index (χ4v) is 3.67. The molecule has 1 aromatic heterocycles. The van der Waals surface area contributed by atoms with Crippen LogP contribution in [0.1, 0.15) is 56.8 Å². The molecule has 5 nitrogen and oxygen atoms in total. The summed E-state index contributed by atoms with van der Waals surface area (Å²) in [6.45, 7) is 10.1. The molecule has 2 atom stereocenters. The number of aromatic nitrogens is 1. The van der Waals surface area contributed by atoms with Gasteiger partial charge in [0.05, 0.1) is 0 Å². The van der Waals surface area contributed by atoms with Gasteiger partial charge in [0, 0.05) is 36.5 Å². The van der Waals surface area contributed by atoms with Gasteiger partial charge < -0.3 is 14.7 Å². The number of aryl methyl sites for hydroxylation is 1. The maximum absolute atomic E-state index is 12.3. The van der Waals surface area contributed by atoms with Crippen LogP contribution in [0.15, 0.2) is 6.20 Å². The van der Waals surface area contributed by atoms with Crippen LogP contribution < -0.4 is 0 Å². The van der Waals surface area contributed by atoms with Gasteiger partial charge in [-0.05, 0) is 34.1 Å². The first-order valence-corrected chi connectivity index (χ1v) is 8.61. The number of amides is 1. The molecule has 0 aromatic carbocycles. The first-order valence-electron chi connectivity index (χ1n) is 7.79. The van der Waals surface area contributed by atoms with Gasteiger partial charge >= 0.3 is 6.09 Å². The van der Waals surface area contributed by atoms with E-state index in [9.17, 15) is 9.90 Å². The molecule has 1 amide bonds. The van der Waals surface area contributed by atoms with Gasteiger partial charge in [-0.25, -0.2) is 9.78 Å². The zero-order chi connectivity index (χ0) is 16.5. The molecule has 6 heteroatoms. The summed E-state index contributed by atoms with van der Waals surface area (Å²) in [7, 11) is 0. The smallest absolute Gasteiger partial charge is 0.410 e. The summed E-state index contributed by atoms with van der Waals surface area (Å²) >= 11 is 1.53. The maximum atomic E-state index is 12.3. The average Bonchev–Trinajstić information content (AvgIpc) is 2.84. The first-order chi connectivity index (χ1) is 10.1. The van der Waals surface area contributed by atoms with E-state index < -0.39 is 11.2 Å². The van der Waals surface area contributed by atoms with Gasteiger partial charge in [0.15, 0.2) is 0 Å². The van der Waals surface area contributed by atoms with Crippen molar-refractivity contribution in [1.29, 1.82) is 0 Å². The zero-order valence-electron chi connectivity index (χ0n) is 14.0. The molecular weight excluding hydrogens is 300 g/mol. The third kappa shape index (κ3) is 3.79. The Kier molecular flexibility index (Phi) is 4.82. The molecule has 0 spiro atoms. The normalized spacial score (nSPS) is 26.1. The molecule has 0 saturated carbocycles. The number of carbonyl (C=O) groups is 1. The van der Waals surface area contributed by atoms with Crippen molar-refractivity contribution in [1.82, 2.24) is 9.88 Å². The lowest BCUT2D eigenvalue weighted by Crippen LogP contribution is -2.52. The van der Waals surface area contributed by atoms with Crippen LogP contribution in [0.4, 0.5) is 4.79 Å². The Morgan fingerprint density at radius 1 is 1.59 bits per heavy atom. The minimum atomic E-state index is -0.932. The quantitative estimate of drug-likeness (QED) is 0.904. The minimum Gasteiger partial charge on any atom is -0.444 e. The Bertz CT molecular complexity index is 538. The van der Waals surface area contributed by atoms with Crippen LogP contribution in [-0.4, -0.2) is 39.3 Å². The number of nitrogens with zero attached hydrogens (tertiary/aromatic N) is 2. The van der Waals surface area contributed by atoms with Crippen LogP contribution in [0.5, 0.6) is 0 Å². The number of carbonyl (C=O) groups excluding carboxylic acids is 1. The molecule has 1 saturated heterocycles. The Hall–Kier alpha value is -1.14. The van der Waals surface area contributed by atoms with E-state index in [2.05, 4.69) is 4.98 Å². The molecule has 1 aromatic rings. The second-order valence-electron chi connectivity index (χ2n) is 7.00. The molecule has 1 N–H and O–H groups in total. The van der Waals surface area contributed by atoms with Crippen LogP contribution in [0.3, 0.4) is 0 Å². The van der Waals surface area contributed by atoms with Crippen molar-refractivity contribution in [3.8, 4) is 0 Å². The summed E-state index contributed by atoms with van der Waals surface area (Å²) in [5.74, 6) is 0. The van der Waals surface area contributed by atoms with Gasteiger partial charge in [0.2, 0.25) is 0 Å². The van der Waals surface area contributed by atoms with Gasteiger partial charge in [-0.3, -0.25) is 0 Å². The van der Waals surface area contributed by atoms with Crippen molar-refractivity contribution in [2.75, 3.05) is 6.54 Å². The molecule has 124 valence electrons. The SMILES string of the molecule is CCC1CC(O)(c2ncc(C)s2)CCN1C(=O)OC(C)(C)C. The summed E-state index contributed by atoms with van der Waals surface area (Å²) in [6, 6.07) is -0.0298. The van der Waals surface area contributed by atoms with E-state index in [1.165, 1.54) is 11.3 Å². The lowest BCUT2D eigenvalue weighted by atomic mass is 9.86. The number of piperidine rings is 1. The van der Waals surface area contributed by atoms with Crippen LogP contribution in [0.25, 0.3) is 0 Å². The third-order valence-corrected chi connectivity index (χ3v) is 5.01. The zero-order valence-corrected chi connectivity index (χ0v) is 14.9. The molecule has 1 aliphatic rings. The molecule has 2 rings (SSSR count). The monoisotopic (exact) mass is 326 g/mol. The highest BCUT2D eigenvalue weighted by Gasteiger charge is 2.43. The van der Waals surface area contributed by atoms with E-state index in [0.717, 1.165) is 16.3 Å². The van der Waals surface area contributed by atoms with Gasteiger partial charge in [-0.15, -0.1) is 11.3 Å². The molecule has 1 aliphatic heterocycles. The highest BCUT2D eigenvalue weighted by Crippen LogP contribution is 2.39.